The summed E-state index contributed by atoms with van der Waals surface area (Å²) in [5.41, 5.74) is 3.50. The number of hydrogen-bond donors (Lipinski definition) is 1. The molecule has 1 amide bonds. The molecule has 3 rings (SSSR count). The predicted octanol–water partition coefficient (Wildman–Crippen LogP) is 3.64. The molecule has 1 aromatic heterocycles. The zero-order chi connectivity index (χ0) is 17.8. The fourth-order valence-electron chi connectivity index (χ4n) is 3.19. The van der Waals surface area contributed by atoms with E-state index >= 15 is 0 Å². The van der Waals surface area contributed by atoms with Crippen LogP contribution in [0.3, 0.4) is 0 Å². The number of pyridine rings is 1. The van der Waals surface area contributed by atoms with Gasteiger partial charge < -0.3 is 15.1 Å². The van der Waals surface area contributed by atoms with E-state index in [9.17, 15) is 4.79 Å². The number of nitrogens with zero attached hydrogens (tertiary/aromatic N) is 3. The number of benzene rings is 1. The molecule has 0 aliphatic carbocycles. The highest BCUT2D eigenvalue weighted by Crippen LogP contribution is 2.23. The molecule has 2 heterocycles. The quantitative estimate of drug-likeness (QED) is 0.925. The van der Waals surface area contributed by atoms with Gasteiger partial charge >= 0.3 is 0 Å². The highest BCUT2D eigenvalue weighted by Gasteiger charge is 2.18. The Kier molecular flexibility index (Phi) is 5.22. The Morgan fingerprint density at radius 3 is 2.68 bits per heavy atom. The van der Waals surface area contributed by atoms with Crippen molar-refractivity contribution in [1.82, 2.24) is 4.98 Å². The monoisotopic (exact) mass is 338 g/mol. The third kappa shape index (κ3) is 4.29. The molecule has 1 N–H and O–H groups in total. The van der Waals surface area contributed by atoms with E-state index in [0.717, 1.165) is 30.2 Å². The maximum atomic E-state index is 12.6. The zero-order valence-electron chi connectivity index (χ0n) is 15.2. The van der Waals surface area contributed by atoms with Gasteiger partial charge in [0.1, 0.15) is 0 Å². The minimum atomic E-state index is -0.128. The van der Waals surface area contributed by atoms with E-state index < -0.39 is 0 Å². The van der Waals surface area contributed by atoms with Crippen molar-refractivity contribution < 1.29 is 4.79 Å². The Balaban J connectivity index is 1.70. The average molecular weight is 338 g/mol. The molecule has 1 saturated heterocycles. The Morgan fingerprint density at radius 1 is 1.24 bits per heavy atom. The van der Waals surface area contributed by atoms with Gasteiger partial charge in [-0.1, -0.05) is 6.92 Å². The van der Waals surface area contributed by atoms with Crippen LogP contribution in [0, 0.1) is 5.92 Å². The summed E-state index contributed by atoms with van der Waals surface area (Å²) in [6, 6.07) is 9.74. The second kappa shape index (κ2) is 7.55. The smallest absolute Gasteiger partial charge is 0.257 e. The molecule has 1 aromatic carbocycles. The van der Waals surface area contributed by atoms with Crippen molar-refractivity contribution in [1.29, 1.82) is 0 Å². The summed E-state index contributed by atoms with van der Waals surface area (Å²) in [5, 5.41) is 2.95. The Bertz CT molecular complexity index is 727. The summed E-state index contributed by atoms with van der Waals surface area (Å²) >= 11 is 0. The normalized spacial score (nSPS) is 17.2. The molecule has 1 aliphatic heterocycles. The van der Waals surface area contributed by atoms with Crippen LogP contribution in [-0.2, 0) is 0 Å². The maximum absolute atomic E-state index is 12.6. The third-order valence-electron chi connectivity index (χ3n) is 4.65. The number of anilines is 3. The lowest BCUT2D eigenvalue weighted by Crippen LogP contribution is -2.34. The van der Waals surface area contributed by atoms with E-state index in [0.29, 0.717) is 11.5 Å². The molecule has 1 fully saturated rings. The molecular formula is C20H26N4O. The highest BCUT2D eigenvalue weighted by atomic mass is 16.1. The molecule has 0 spiro atoms. The summed E-state index contributed by atoms with van der Waals surface area (Å²) < 4.78 is 0. The molecule has 2 aromatic rings. The summed E-state index contributed by atoms with van der Waals surface area (Å²) in [6.45, 7) is 4.33. The standard InChI is InChI=1S/C20H26N4O/c1-15-5-4-10-24(14-15)19-11-16(12-21-13-19)20(25)22-17-6-8-18(9-7-17)23(2)3/h6-9,11-13,15H,4-5,10,14H2,1-3H3,(H,22,25). The largest absolute Gasteiger partial charge is 0.378 e. The summed E-state index contributed by atoms with van der Waals surface area (Å²) in [7, 11) is 3.98. The topological polar surface area (TPSA) is 48.5 Å². The summed E-state index contributed by atoms with van der Waals surface area (Å²) in [6.07, 6.45) is 5.93. The van der Waals surface area contributed by atoms with Crippen molar-refractivity contribution in [3.63, 3.8) is 0 Å². The Hall–Kier alpha value is -2.56. The van der Waals surface area contributed by atoms with E-state index in [1.54, 1.807) is 6.20 Å². The van der Waals surface area contributed by atoms with E-state index in [1.807, 2.05) is 55.5 Å². The van der Waals surface area contributed by atoms with E-state index in [1.165, 1.54) is 12.8 Å². The van der Waals surface area contributed by atoms with Crippen LogP contribution in [0.15, 0.2) is 42.7 Å². The molecule has 0 bridgehead atoms. The number of rotatable bonds is 4. The Morgan fingerprint density at radius 2 is 2.00 bits per heavy atom. The van der Waals surface area contributed by atoms with Crippen molar-refractivity contribution in [2.24, 2.45) is 5.92 Å². The van der Waals surface area contributed by atoms with Gasteiger partial charge in [0.25, 0.3) is 5.91 Å². The lowest BCUT2D eigenvalue weighted by molar-refractivity contribution is 0.102. The minimum Gasteiger partial charge on any atom is -0.378 e. The lowest BCUT2D eigenvalue weighted by atomic mass is 10.00. The number of amides is 1. The first-order valence-corrected chi connectivity index (χ1v) is 8.81. The number of aromatic nitrogens is 1. The Labute approximate surface area is 149 Å². The molecule has 5 nitrogen and oxygen atoms in total. The van der Waals surface area contributed by atoms with Crippen LogP contribution < -0.4 is 15.1 Å². The van der Waals surface area contributed by atoms with Gasteiger partial charge in [-0.15, -0.1) is 0 Å². The zero-order valence-corrected chi connectivity index (χ0v) is 15.2. The van der Waals surface area contributed by atoms with Crippen LogP contribution in [-0.4, -0.2) is 38.1 Å². The van der Waals surface area contributed by atoms with Crippen molar-refractivity contribution >= 4 is 23.0 Å². The van der Waals surface area contributed by atoms with Gasteiger partial charge in [0.15, 0.2) is 0 Å². The average Bonchev–Trinajstić information content (AvgIpc) is 2.62. The van der Waals surface area contributed by atoms with Crippen molar-refractivity contribution in [2.75, 3.05) is 42.3 Å². The first-order chi connectivity index (χ1) is 12.0. The second-order valence-electron chi connectivity index (χ2n) is 7.02. The molecule has 5 heteroatoms. The first kappa shape index (κ1) is 17.3. The summed E-state index contributed by atoms with van der Waals surface area (Å²) in [4.78, 5) is 21.2. The van der Waals surface area contributed by atoms with Crippen LogP contribution in [0.5, 0.6) is 0 Å². The fraction of sp³-hybridized carbons (Fsp3) is 0.400. The fourth-order valence-corrected chi connectivity index (χ4v) is 3.19. The van der Waals surface area contributed by atoms with Crippen LogP contribution in [0.1, 0.15) is 30.1 Å². The van der Waals surface area contributed by atoms with Crippen LogP contribution in [0.4, 0.5) is 17.1 Å². The number of carbonyl (C=O) groups excluding carboxylic acids is 1. The van der Waals surface area contributed by atoms with Crippen molar-refractivity contribution in [2.45, 2.75) is 19.8 Å². The van der Waals surface area contributed by atoms with E-state index in [2.05, 4.69) is 22.1 Å². The minimum absolute atomic E-state index is 0.128. The van der Waals surface area contributed by atoms with Gasteiger partial charge in [-0.3, -0.25) is 9.78 Å². The van der Waals surface area contributed by atoms with Gasteiger partial charge in [-0.2, -0.15) is 0 Å². The first-order valence-electron chi connectivity index (χ1n) is 8.81. The SMILES string of the molecule is CC1CCCN(c2cncc(C(=O)Nc3ccc(N(C)C)cc3)c2)C1. The van der Waals surface area contributed by atoms with Crippen molar-refractivity contribution in [3.8, 4) is 0 Å². The van der Waals surface area contributed by atoms with Gasteiger partial charge in [-0.05, 0) is 49.1 Å². The second-order valence-corrected chi connectivity index (χ2v) is 7.02. The van der Waals surface area contributed by atoms with Crippen molar-refractivity contribution in [3.05, 3.63) is 48.3 Å². The molecule has 0 radical (unpaired) electrons. The summed E-state index contributed by atoms with van der Waals surface area (Å²) in [5.74, 6) is 0.554. The van der Waals surface area contributed by atoms with Gasteiger partial charge in [-0.25, -0.2) is 0 Å². The molecule has 1 unspecified atom stereocenters. The highest BCUT2D eigenvalue weighted by molar-refractivity contribution is 6.04. The van der Waals surface area contributed by atoms with Crippen LogP contribution >= 0.6 is 0 Å². The number of piperidine rings is 1. The molecule has 1 atom stereocenters. The molecule has 25 heavy (non-hydrogen) atoms. The number of carbonyl (C=O) groups is 1. The molecule has 0 saturated carbocycles. The van der Waals surface area contributed by atoms with Gasteiger partial charge in [0.2, 0.25) is 0 Å². The predicted molar refractivity (Wildman–Crippen MR) is 104 cm³/mol. The van der Waals surface area contributed by atoms with Crippen LogP contribution in [0.2, 0.25) is 0 Å². The number of nitrogens with one attached hydrogen (secondary N) is 1. The lowest BCUT2D eigenvalue weighted by Gasteiger charge is -2.32. The van der Waals surface area contributed by atoms with Gasteiger partial charge in [0, 0.05) is 44.8 Å². The molecular weight excluding hydrogens is 312 g/mol. The number of hydrogen-bond acceptors (Lipinski definition) is 4. The molecule has 132 valence electrons. The van der Waals surface area contributed by atoms with E-state index in [4.69, 9.17) is 0 Å². The molecule has 1 aliphatic rings. The van der Waals surface area contributed by atoms with E-state index in [-0.39, 0.29) is 5.91 Å². The van der Waals surface area contributed by atoms with Crippen LogP contribution in [0.25, 0.3) is 0 Å². The third-order valence-corrected chi connectivity index (χ3v) is 4.65. The maximum Gasteiger partial charge on any atom is 0.257 e. The van der Waals surface area contributed by atoms with Gasteiger partial charge in [0.05, 0.1) is 17.4 Å².